The lowest BCUT2D eigenvalue weighted by molar-refractivity contribution is -0.120. The first kappa shape index (κ1) is 17.9. The second kappa shape index (κ2) is 8.45. The number of nitrogens with one attached hydrogen (secondary N) is 1. The van der Waals surface area contributed by atoms with Crippen LogP contribution in [0.2, 0.25) is 0 Å². The Kier molecular flexibility index (Phi) is 6.05. The predicted octanol–water partition coefficient (Wildman–Crippen LogP) is 2.59. The van der Waals surface area contributed by atoms with Crippen molar-refractivity contribution in [2.75, 3.05) is 26.2 Å². The number of carbonyl (C=O) groups excluding carboxylic acids is 1. The van der Waals surface area contributed by atoms with Gasteiger partial charge in [0, 0.05) is 13.1 Å². The minimum atomic E-state index is -0.509. The molecule has 1 aliphatic heterocycles. The Balaban J connectivity index is 1.47. The van der Waals surface area contributed by atoms with E-state index in [0.717, 1.165) is 35.3 Å². The quantitative estimate of drug-likeness (QED) is 0.850. The minimum absolute atomic E-state index is 0.0392. The van der Waals surface area contributed by atoms with Crippen LogP contribution in [0.15, 0.2) is 42.5 Å². The van der Waals surface area contributed by atoms with Crippen molar-refractivity contribution < 1.29 is 9.90 Å². The van der Waals surface area contributed by atoms with Crippen molar-refractivity contribution in [3.8, 4) is 0 Å². The van der Waals surface area contributed by atoms with Gasteiger partial charge in [-0.05, 0) is 48.2 Å². The molecule has 3 rings (SSSR count). The number of β-amino-alcohol motifs (C(OH)–C–C–N with tert-alkyl or cyclic N) is 1. The summed E-state index contributed by atoms with van der Waals surface area (Å²) in [5.74, 6) is 0.747. The summed E-state index contributed by atoms with van der Waals surface area (Å²) < 4.78 is 0. The molecule has 1 heterocycles. The molecule has 2 aromatic rings. The third-order valence-electron chi connectivity index (χ3n) is 5.11. The predicted molar refractivity (Wildman–Crippen MR) is 102 cm³/mol. The van der Waals surface area contributed by atoms with E-state index in [1.165, 1.54) is 12.8 Å². The molecule has 134 valence electrons. The molecule has 0 aromatic heterocycles. The molecular formula is C21H28N2O2. The topological polar surface area (TPSA) is 52.6 Å². The van der Waals surface area contributed by atoms with Gasteiger partial charge in [-0.2, -0.15) is 0 Å². The van der Waals surface area contributed by atoms with Gasteiger partial charge in [0.2, 0.25) is 5.91 Å². The van der Waals surface area contributed by atoms with E-state index in [0.29, 0.717) is 19.5 Å². The molecule has 0 saturated carbocycles. The summed E-state index contributed by atoms with van der Waals surface area (Å²) in [6.07, 6.45) is 2.22. The SMILES string of the molecule is CC1CCN(CC(O)CNC(=O)Cc2cccc3ccccc23)CC1. The van der Waals surface area contributed by atoms with Crippen molar-refractivity contribution in [1.29, 1.82) is 0 Å². The molecule has 25 heavy (non-hydrogen) atoms. The molecule has 1 atom stereocenters. The number of amides is 1. The first-order valence-corrected chi connectivity index (χ1v) is 9.25. The van der Waals surface area contributed by atoms with Crippen LogP contribution in [0.1, 0.15) is 25.3 Å². The molecular weight excluding hydrogens is 312 g/mol. The van der Waals surface area contributed by atoms with Crippen LogP contribution >= 0.6 is 0 Å². The maximum Gasteiger partial charge on any atom is 0.224 e. The molecule has 0 bridgehead atoms. The van der Waals surface area contributed by atoms with Crippen LogP contribution < -0.4 is 5.32 Å². The van der Waals surface area contributed by atoms with E-state index in [-0.39, 0.29) is 5.91 Å². The van der Waals surface area contributed by atoms with Crippen LogP contribution in [-0.2, 0) is 11.2 Å². The van der Waals surface area contributed by atoms with Crippen LogP contribution in [-0.4, -0.2) is 48.2 Å². The van der Waals surface area contributed by atoms with E-state index in [2.05, 4.69) is 29.3 Å². The van der Waals surface area contributed by atoms with Crippen molar-refractivity contribution >= 4 is 16.7 Å². The van der Waals surface area contributed by atoms with E-state index in [1.54, 1.807) is 0 Å². The number of fused-ring (bicyclic) bond motifs is 1. The zero-order valence-corrected chi connectivity index (χ0v) is 14.9. The Morgan fingerprint density at radius 2 is 1.92 bits per heavy atom. The zero-order chi connectivity index (χ0) is 17.6. The Morgan fingerprint density at radius 1 is 1.20 bits per heavy atom. The van der Waals surface area contributed by atoms with Gasteiger partial charge in [-0.25, -0.2) is 0 Å². The third-order valence-corrected chi connectivity index (χ3v) is 5.11. The number of aliphatic hydroxyl groups is 1. The highest BCUT2D eigenvalue weighted by Crippen LogP contribution is 2.19. The Morgan fingerprint density at radius 3 is 2.72 bits per heavy atom. The van der Waals surface area contributed by atoms with Gasteiger partial charge in [0.1, 0.15) is 0 Å². The number of hydrogen-bond acceptors (Lipinski definition) is 3. The maximum absolute atomic E-state index is 12.3. The second-order valence-corrected chi connectivity index (χ2v) is 7.26. The Labute approximate surface area is 149 Å². The number of carbonyl (C=O) groups is 1. The van der Waals surface area contributed by atoms with Crippen LogP contribution in [0.4, 0.5) is 0 Å². The minimum Gasteiger partial charge on any atom is -0.390 e. The van der Waals surface area contributed by atoms with Crippen LogP contribution in [0, 0.1) is 5.92 Å². The number of rotatable bonds is 6. The fraction of sp³-hybridized carbons (Fsp3) is 0.476. The van der Waals surface area contributed by atoms with Crippen molar-refractivity contribution in [3.63, 3.8) is 0 Å². The van der Waals surface area contributed by atoms with Gasteiger partial charge in [-0.1, -0.05) is 49.4 Å². The Bertz CT molecular complexity index is 703. The van der Waals surface area contributed by atoms with E-state index in [4.69, 9.17) is 0 Å². The highest BCUT2D eigenvalue weighted by molar-refractivity contribution is 5.90. The molecule has 1 aliphatic rings. The fourth-order valence-electron chi connectivity index (χ4n) is 3.52. The van der Waals surface area contributed by atoms with E-state index in [9.17, 15) is 9.90 Å². The van der Waals surface area contributed by atoms with Crippen molar-refractivity contribution in [2.45, 2.75) is 32.3 Å². The standard InChI is InChI=1S/C21H28N2O2/c1-16-9-11-23(12-10-16)15-19(24)14-22-21(25)13-18-7-4-6-17-5-2-3-8-20(17)18/h2-8,16,19,24H,9-15H2,1H3,(H,22,25). The van der Waals surface area contributed by atoms with Gasteiger partial charge >= 0.3 is 0 Å². The number of benzene rings is 2. The highest BCUT2D eigenvalue weighted by atomic mass is 16.3. The van der Waals surface area contributed by atoms with E-state index in [1.807, 2.05) is 30.3 Å². The molecule has 4 nitrogen and oxygen atoms in total. The average molecular weight is 340 g/mol. The van der Waals surface area contributed by atoms with Crippen LogP contribution in [0.5, 0.6) is 0 Å². The first-order valence-electron chi connectivity index (χ1n) is 9.25. The normalized spacial score (nSPS) is 17.5. The summed E-state index contributed by atoms with van der Waals surface area (Å²) in [6.45, 7) is 5.32. The molecule has 1 amide bonds. The summed E-state index contributed by atoms with van der Waals surface area (Å²) >= 11 is 0. The summed E-state index contributed by atoms with van der Waals surface area (Å²) in [7, 11) is 0. The molecule has 4 heteroatoms. The van der Waals surface area contributed by atoms with Gasteiger partial charge in [0.15, 0.2) is 0 Å². The number of likely N-dealkylation sites (tertiary alicyclic amines) is 1. The van der Waals surface area contributed by atoms with Gasteiger partial charge in [0.25, 0.3) is 0 Å². The van der Waals surface area contributed by atoms with Crippen molar-refractivity contribution in [3.05, 3.63) is 48.0 Å². The maximum atomic E-state index is 12.3. The van der Waals surface area contributed by atoms with Gasteiger partial charge in [0.05, 0.1) is 12.5 Å². The average Bonchev–Trinajstić information content (AvgIpc) is 2.62. The third kappa shape index (κ3) is 5.03. The van der Waals surface area contributed by atoms with Crippen LogP contribution in [0.25, 0.3) is 10.8 Å². The van der Waals surface area contributed by atoms with Crippen molar-refractivity contribution in [2.24, 2.45) is 5.92 Å². The monoisotopic (exact) mass is 340 g/mol. The Hall–Kier alpha value is -1.91. The van der Waals surface area contributed by atoms with E-state index < -0.39 is 6.10 Å². The lowest BCUT2D eigenvalue weighted by Gasteiger charge is -2.31. The molecule has 0 radical (unpaired) electrons. The molecule has 0 spiro atoms. The number of aliphatic hydroxyl groups excluding tert-OH is 1. The second-order valence-electron chi connectivity index (χ2n) is 7.26. The van der Waals surface area contributed by atoms with E-state index >= 15 is 0 Å². The summed E-state index contributed by atoms with van der Waals surface area (Å²) in [4.78, 5) is 14.6. The smallest absolute Gasteiger partial charge is 0.224 e. The summed E-state index contributed by atoms with van der Waals surface area (Å²) in [6, 6.07) is 14.1. The highest BCUT2D eigenvalue weighted by Gasteiger charge is 2.18. The fourth-order valence-corrected chi connectivity index (χ4v) is 3.52. The molecule has 2 N–H and O–H groups in total. The van der Waals surface area contributed by atoms with Gasteiger partial charge < -0.3 is 15.3 Å². The summed E-state index contributed by atoms with van der Waals surface area (Å²) in [5, 5.41) is 15.3. The van der Waals surface area contributed by atoms with Gasteiger partial charge in [-0.15, -0.1) is 0 Å². The first-order chi connectivity index (χ1) is 12.1. The molecule has 2 aromatic carbocycles. The molecule has 1 saturated heterocycles. The largest absolute Gasteiger partial charge is 0.390 e. The number of hydrogen-bond donors (Lipinski definition) is 2. The number of piperidine rings is 1. The van der Waals surface area contributed by atoms with Crippen LogP contribution in [0.3, 0.4) is 0 Å². The molecule has 1 unspecified atom stereocenters. The zero-order valence-electron chi connectivity index (χ0n) is 14.9. The lowest BCUT2D eigenvalue weighted by atomic mass is 9.99. The molecule has 1 fully saturated rings. The summed E-state index contributed by atoms with van der Waals surface area (Å²) in [5.41, 5.74) is 1.02. The lowest BCUT2D eigenvalue weighted by Crippen LogP contribution is -2.43. The number of nitrogens with zero attached hydrogens (tertiary/aromatic N) is 1. The van der Waals surface area contributed by atoms with Crippen molar-refractivity contribution in [1.82, 2.24) is 10.2 Å². The molecule has 0 aliphatic carbocycles. The van der Waals surface area contributed by atoms with Gasteiger partial charge in [-0.3, -0.25) is 4.79 Å².